The van der Waals surface area contributed by atoms with Crippen molar-refractivity contribution in [2.75, 3.05) is 0 Å². The van der Waals surface area contributed by atoms with E-state index in [-0.39, 0.29) is 0 Å². The highest BCUT2D eigenvalue weighted by Crippen LogP contribution is 1.96. The monoisotopic (exact) mass is 464 g/mol. The van der Waals surface area contributed by atoms with Crippen LogP contribution in [0.25, 0.3) is 0 Å². The normalized spacial score (nSPS) is 11.3. The van der Waals surface area contributed by atoms with E-state index in [9.17, 15) is 0 Å². The van der Waals surface area contributed by atoms with E-state index in [1.165, 1.54) is 20.9 Å². The summed E-state index contributed by atoms with van der Waals surface area (Å²) in [7, 11) is 0. The van der Waals surface area contributed by atoms with E-state index >= 15 is 0 Å². The topological polar surface area (TPSA) is 23.6 Å². The first-order valence-electron chi connectivity index (χ1n) is 12.1. The molecule has 0 saturated heterocycles. The molecule has 0 fully saturated rings. The third-order valence-corrected chi connectivity index (χ3v) is 6.88. The summed E-state index contributed by atoms with van der Waals surface area (Å²) in [6.07, 6.45) is 16.9. The molecule has 22 rings (SSSR count). The van der Waals surface area contributed by atoms with Crippen molar-refractivity contribution in [1.29, 1.82) is 0 Å². The number of rotatable bonds is 0. The Kier molecular flexibility index (Phi) is 4.74. The van der Waals surface area contributed by atoms with Gasteiger partial charge in [-0.25, -0.2) is 0 Å². The summed E-state index contributed by atoms with van der Waals surface area (Å²) in [6.45, 7) is 0. The lowest BCUT2D eigenvalue weighted by molar-refractivity contribution is -0.514. The van der Waals surface area contributed by atoms with Gasteiger partial charge in [0.05, 0.1) is 0 Å². The van der Waals surface area contributed by atoms with Gasteiger partial charge in [-0.2, -0.15) is 17.0 Å². The van der Waals surface area contributed by atoms with Crippen molar-refractivity contribution in [2.45, 2.75) is 0 Å². The predicted octanol–water partition coefficient (Wildman–Crippen LogP) is 2.92. The molecule has 0 unspecified atom stereocenters. The molecule has 20 heterocycles. The molecule has 6 aromatic rings. The standard InChI is InChI=1S/C32H24N4/c1-2-30-4-3-29(1)33-17-9-25(10-18-33)27-13-21-35(22-14-27)31-5-7-32(8-6-31)36-23-15-28(16-24-36)26-11-19-34(30)20-12-26/h1-24H/q+4. The van der Waals surface area contributed by atoms with Crippen molar-refractivity contribution < 1.29 is 17.0 Å². The van der Waals surface area contributed by atoms with Crippen LogP contribution in [0.1, 0.15) is 0 Å². The molecule has 12 bridgehead atoms. The molecule has 4 nitrogen and oxygen atoms in total. The average molecular weight is 465 g/mol. The zero-order valence-electron chi connectivity index (χ0n) is 19.6. The molecule has 0 atom stereocenters. The summed E-state index contributed by atoms with van der Waals surface area (Å²) in [4.78, 5) is 0. The molecule has 16 aliphatic heterocycles. The van der Waals surface area contributed by atoms with Crippen LogP contribution in [0.15, 0.2) is 147 Å². The average Bonchev–Trinajstić information content (AvgIpc) is 2.97. The first kappa shape index (κ1) is 20.4. The fourth-order valence-corrected chi connectivity index (χ4v) is 4.76. The molecule has 4 heteroatoms. The van der Waals surface area contributed by atoms with E-state index < -0.39 is 0 Å². The fraction of sp³-hybridized carbons (Fsp3) is 0. The van der Waals surface area contributed by atoms with E-state index in [2.05, 4.69) is 164 Å². The van der Waals surface area contributed by atoms with E-state index in [0.717, 1.165) is 21.4 Å². The van der Waals surface area contributed by atoms with Crippen LogP contribution in [0.4, 0.5) is 0 Å². The minimum absolute atomic E-state index is 1.13. The lowest BCUT2D eigenvalue weighted by Gasteiger charge is -1.88. The molecular formula is C32H24N4+4. The third-order valence-electron chi connectivity index (χ3n) is 6.88. The Hall–Kier alpha value is -4.96. The van der Waals surface area contributed by atoms with Gasteiger partial charge in [0, 0.05) is 97.1 Å². The molecule has 36 heavy (non-hydrogen) atoms. The molecule has 16 aliphatic rings. The summed E-state index contributed by atoms with van der Waals surface area (Å²) in [5, 5.41) is 9.27. The Morgan fingerprint density at radius 1 is 0.222 bits per heavy atom. The maximum absolute atomic E-state index is 2.16. The number of benzene rings is 2. The lowest BCUT2D eigenvalue weighted by Crippen LogP contribution is -2.18. The molecule has 4 aromatic heterocycles. The van der Waals surface area contributed by atoms with Gasteiger partial charge in [0.2, 0.25) is 21.4 Å². The first-order chi connectivity index (χ1) is 17.8. The van der Waals surface area contributed by atoms with Crippen LogP contribution in [-0.2, 0) is 0 Å². The molecule has 0 N–H and O–H groups in total. The van der Waals surface area contributed by atoms with Gasteiger partial charge in [-0.1, -0.05) is 0 Å². The van der Waals surface area contributed by atoms with Gasteiger partial charge in [-0.15, -0.1) is 0 Å². The van der Waals surface area contributed by atoms with Gasteiger partial charge in [0.1, 0.15) is 0 Å². The molecule has 0 amide bonds. The number of hydrogen-bond donors (Lipinski definition) is 0. The third kappa shape index (κ3) is 3.65. The lowest BCUT2D eigenvalue weighted by atomic mass is 10.2. The van der Waals surface area contributed by atoms with Gasteiger partial charge >= 0.3 is 0 Å². The molecule has 168 valence electrons. The highest BCUT2D eigenvalue weighted by molar-refractivity contribution is 5.09. The second-order valence-electron chi connectivity index (χ2n) is 9.01. The van der Waals surface area contributed by atoms with E-state index in [1.807, 2.05) is 0 Å². The second-order valence-corrected chi connectivity index (χ2v) is 9.01. The van der Waals surface area contributed by atoms with Gasteiger partial charge < -0.3 is 0 Å². The Balaban J connectivity index is 1.62. The van der Waals surface area contributed by atoms with Crippen molar-refractivity contribution in [3.05, 3.63) is 189 Å². The number of nitrogens with zero attached hydrogens (tertiary/aromatic N) is 4. The fourth-order valence-electron chi connectivity index (χ4n) is 4.76. The molecule has 0 aliphatic carbocycles. The van der Waals surface area contributed by atoms with Gasteiger partial charge in [-0.05, 0) is 20.9 Å². The van der Waals surface area contributed by atoms with Crippen LogP contribution in [0.5, 0.6) is 0 Å². The van der Waals surface area contributed by atoms with E-state index in [1.54, 1.807) is 0 Å². The molecule has 0 saturated carbocycles. The molecule has 0 radical (unpaired) electrons. The van der Waals surface area contributed by atoms with E-state index in [4.69, 9.17) is 0 Å². The Labute approximate surface area is 205 Å². The second kappa shape index (κ2) is 8.36. The van der Waals surface area contributed by atoms with Crippen LogP contribution < -0.4 is 17.0 Å². The van der Waals surface area contributed by atoms with Crippen LogP contribution in [0.3, 0.4) is 0 Å². The summed E-state index contributed by atoms with van der Waals surface area (Å²) >= 11 is 0. The molecule has 0 spiro atoms. The highest BCUT2D eigenvalue weighted by Gasteiger charge is 2.00. The van der Waals surface area contributed by atoms with Crippen LogP contribution in [0.2, 0.25) is 0 Å². The number of hydrogen-bond acceptors (Lipinski definition) is 0. The number of pyridine rings is 4. The SMILES string of the molecule is c1c[n+]2ccc1=c1cc[n+](cc1)=c1ccc(cc1)=[n+]1ccc(cc1)=c1cc[n+](cc1)=c1ccc=2cc1. The minimum atomic E-state index is 1.13. The predicted molar refractivity (Wildman–Crippen MR) is 132 cm³/mol. The zero-order valence-corrected chi connectivity index (χ0v) is 19.6. The van der Waals surface area contributed by atoms with Crippen molar-refractivity contribution >= 4 is 0 Å². The zero-order chi connectivity index (χ0) is 23.9. The summed E-state index contributed by atoms with van der Waals surface area (Å²) in [5.74, 6) is 0. The summed E-state index contributed by atoms with van der Waals surface area (Å²) < 4.78 is 8.58. The highest BCUT2D eigenvalue weighted by atomic mass is 14.8. The van der Waals surface area contributed by atoms with Crippen molar-refractivity contribution in [3.8, 4) is 0 Å². The largest absolute Gasteiger partial charge is 0.211 e. The smallest absolute Gasteiger partial charge is 0.167 e. The summed E-state index contributed by atoms with van der Waals surface area (Å²) in [5.41, 5.74) is 0. The van der Waals surface area contributed by atoms with Gasteiger partial charge in [-0.3, -0.25) is 0 Å². The number of aromatic nitrogens is 4. The molecule has 2 aromatic carbocycles. The van der Waals surface area contributed by atoms with Crippen LogP contribution >= 0.6 is 0 Å². The van der Waals surface area contributed by atoms with Crippen molar-refractivity contribution in [1.82, 2.24) is 0 Å². The van der Waals surface area contributed by atoms with Crippen molar-refractivity contribution in [2.24, 2.45) is 0 Å². The first-order valence-corrected chi connectivity index (χ1v) is 12.1. The van der Waals surface area contributed by atoms with Crippen LogP contribution in [-0.4, -0.2) is 0 Å². The Morgan fingerprint density at radius 2 is 0.389 bits per heavy atom. The Bertz CT molecular complexity index is 1640. The van der Waals surface area contributed by atoms with Crippen LogP contribution in [0, 0.1) is 42.3 Å². The van der Waals surface area contributed by atoms with Gasteiger partial charge in [0.15, 0.2) is 49.6 Å². The Morgan fingerprint density at radius 3 is 0.556 bits per heavy atom. The minimum Gasteiger partial charge on any atom is -0.167 e. The van der Waals surface area contributed by atoms with Crippen molar-refractivity contribution in [3.63, 3.8) is 0 Å². The quantitative estimate of drug-likeness (QED) is 0.308. The van der Waals surface area contributed by atoms with E-state index in [0.29, 0.717) is 0 Å². The maximum Gasteiger partial charge on any atom is 0.211 e. The maximum atomic E-state index is 2.16. The van der Waals surface area contributed by atoms with Gasteiger partial charge in [0.25, 0.3) is 0 Å². The summed E-state index contributed by atoms with van der Waals surface area (Å²) in [6, 6.07) is 34.5. The molecular weight excluding hydrogens is 440 g/mol.